The van der Waals surface area contributed by atoms with Crippen molar-refractivity contribution in [3.05, 3.63) is 18.0 Å². The van der Waals surface area contributed by atoms with E-state index < -0.39 is 9.84 Å². The van der Waals surface area contributed by atoms with Gasteiger partial charge >= 0.3 is 0 Å². The van der Waals surface area contributed by atoms with E-state index in [-0.39, 0.29) is 16.9 Å². The molecule has 0 aliphatic rings. The molecule has 1 aromatic rings. The number of nitrogens with zero attached hydrogens (tertiary/aromatic N) is 2. The number of aromatic nitrogens is 2. The van der Waals surface area contributed by atoms with E-state index in [4.69, 9.17) is 11.6 Å². The molecule has 0 aliphatic carbocycles. The first-order valence-corrected chi connectivity index (χ1v) is 8.11. The van der Waals surface area contributed by atoms with Crippen molar-refractivity contribution >= 4 is 21.4 Å². The molecule has 0 N–H and O–H groups in total. The lowest BCUT2D eigenvalue weighted by Gasteiger charge is -2.03. The lowest BCUT2D eigenvalue weighted by molar-refractivity contribution is 0.573. The first-order valence-electron chi connectivity index (χ1n) is 5.85. The van der Waals surface area contributed by atoms with Gasteiger partial charge in [0.15, 0.2) is 0 Å². The highest BCUT2D eigenvalue weighted by Crippen LogP contribution is 2.22. The smallest absolute Gasteiger partial charge is 0.150 e. The molecule has 1 atom stereocenters. The molecule has 4 nitrogen and oxygen atoms in total. The zero-order valence-electron chi connectivity index (χ0n) is 10.3. The molecule has 0 bridgehead atoms. The Morgan fingerprint density at radius 2 is 2.18 bits per heavy atom. The van der Waals surface area contributed by atoms with Crippen molar-refractivity contribution in [2.45, 2.75) is 38.6 Å². The Morgan fingerprint density at radius 3 is 2.76 bits per heavy atom. The highest BCUT2D eigenvalue weighted by atomic mass is 35.5. The second-order valence-corrected chi connectivity index (χ2v) is 7.00. The minimum absolute atomic E-state index is 0.0110. The number of halogens is 1. The molecule has 1 unspecified atom stereocenters. The molecule has 0 aliphatic heterocycles. The summed E-state index contributed by atoms with van der Waals surface area (Å²) in [4.78, 5) is 0. The van der Waals surface area contributed by atoms with E-state index in [1.165, 1.54) is 0 Å². The predicted octanol–water partition coefficient (Wildman–Crippen LogP) is 2.40. The lowest BCUT2D eigenvalue weighted by atomic mass is 10.2. The zero-order valence-corrected chi connectivity index (χ0v) is 11.8. The molecule has 1 heterocycles. The van der Waals surface area contributed by atoms with Gasteiger partial charge in [-0.05, 0) is 12.8 Å². The fourth-order valence-electron chi connectivity index (χ4n) is 1.49. The fraction of sp³-hybridized carbons (Fsp3) is 0.727. The highest BCUT2D eigenvalue weighted by molar-refractivity contribution is 7.91. The summed E-state index contributed by atoms with van der Waals surface area (Å²) in [5.41, 5.74) is 0.993. The van der Waals surface area contributed by atoms with E-state index in [1.54, 1.807) is 17.8 Å². The van der Waals surface area contributed by atoms with Gasteiger partial charge in [0, 0.05) is 24.1 Å². The molecular weight excluding hydrogens is 260 g/mol. The molecule has 0 fully saturated rings. The molecule has 0 aromatic carbocycles. The summed E-state index contributed by atoms with van der Waals surface area (Å²) in [6.45, 7) is 4.30. The Labute approximate surface area is 108 Å². The third kappa shape index (κ3) is 4.68. The molecule has 1 rings (SSSR count). The van der Waals surface area contributed by atoms with Crippen LogP contribution in [0.2, 0.25) is 0 Å². The van der Waals surface area contributed by atoms with Crippen LogP contribution in [0.4, 0.5) is 0 Å². The number of hydrogen-bond donors (Lipinski definition) is 0. The number of hydrogen-bond acceptors (Lipinski definition) is 3. The number of alkyl halides is 1. The van der Waals surface area contributed by atoms with Crippen LogP contribution in [-0.4, -0.2) is 29.7 Å². The van der Waals surface area contributed by atoms with Crippen molar-refractivity contribution in [1.29, 1.82) is 0 Å². The SMILES string of the molecule is CCC(Cl)c1cnn(CCCS(=O)(=O)CC)c1. The van der Waals surface area contributed by atoms with Gasteiger partial charge in [-0.25, -0.2) is 8.42 Å². The summed E-state index contributed by atoms with van der Waals surface area (Å²) < 4.78 is 24.4. The van der Waals surface area contributed by atoms with Crippen molar-refractivity contribution < 1.29 is 8.42 Å². The molecule has 6 heteroatoms. The van der Waals surface area contributed by atoms with Gasteiger partial charge in [-0.3, -0.25) is 4.68 Å². The summed E-state index contributed by atoms with van der Waals surface area (Å²) in [6.07, 6.45) is 5.09. The van der Waals surface area contributed by atoms with Gasteiger partial charge in [0.1, 0.15) is 9.84 Å². The molecule has 17 heavy (non-hydrogen) atoms. The van der Waals surface area contributed by atoms with Crippen LogP contribution in [0.3, 0.4) is 0 Å². The second kappa shape index (κ2) is 6.40. The summed E-state index contributed by atoms with van der Waals surface area (Å²) >= 11 is 6.08. The molecule has 0 spiro atoms. The van der Waals surface area contributed by atoms with Crippen LogP contribution in [0.25, 0.3) is 0 Å². The monoisotopic (exact) mass is 278 g/mol. The number of sulfone groups is 1. The quantitative estimate of drug-likeness (QED) is 0.720. The summed E-state index contributed by atoms with van der Waals surface area (Å²) in [6, 6.07) is 0. The van der Waals surface area contributed by atoms with Gasteiger partial charge in [0.2, 0.25) is 0 Å². The van der Waals surface area contributed by atoms with Crippen LogP contribution in [-0.2, 0) is 16.4 Å². The third-order valence-electron chi connectivity index (χ3n) is 2.66. The maximum atomic E-state index is 11.3. The first kappa shape index (κ1) is 14.5. The maximum absolute atomic E-state index is 11.3. The van der Waals surface area contributed by atoms with E-state index >= 15 is 0 Å². The van der Waals surface area contributed by atoms with E-state index in [0.717, 1.165) is 12.0 Å². The van der Waals surface area contributed by atoms with Crippen molar-refractivity contribution in [2.24, 2.45) is 0 Å². The van der Waals surface area contributed by atoms with Gasteiger partial charge in [0.05, 0.1) is 17.3 Å². The van der Waals surface area contributed by atoms with E-state index in [1.807, 2.05) is 13.1 Å². The van der Waals surface area contributed by atoms with E-state index in [0.29, 0.717) is 13.0 Å². The Morgan fingerprint density at radius 1 is 1.47 bits per heavy atom. The van der Waals surface area contributed by atoms with Gasteiger partial charge in [0.25, 0.3) is 0 Å². The van der Waals surface area contributed by atoms with Crippen LogP contribution < -0.4 is 0 Å². The van der Waals surface area contributed by atoms with Crippen LogP contribution >= 0.6 is 11.6 Å². The van der Waals surface area contributed by atoms with Crippen molar-refractivity contribution in [3.63, 3.8) is 0 Å². The second-order valence-electron chi connectivity index (χ2n) is 4.00. The van der Waals surface area contributed by atoms with E-state index in [9.17, 15) is 8.42 Å². The zero-order chi connectivity index (χ0) is 12.9. The molecular formula is C11H19ClN2O2S. The van der Waals surface area contributed by atoms with Crippen LogP contribution in [0, 0.1) is 0 Å². The molecule has 0 amide bonds. The number of rotatable bonds is 7. The van der Waals surface area contributed by atoms with Crippen LogP contribution in [0.15, 0.2) is 12.4 Å². The van der Waals surface area contributed by atoms with Crippen molar-refractivity contribution in [1.82, 2.24) is 9.78 Å². The van der Waals surface area contributed by atoms with Crippen LogP contribution in [0.1, 0.15) is 37.6 Å². The lowest BCUT2D eigenvalue weighted by Crippen LogP contribution is -2.11. The van der Waals surface area contributed by atoms with Crippen molar-refractivity contribution in [2.75, 3.05) is 11.5 Å². The molecule has 1 aromatic heterocycles. The van der Waals surface area contributed by atoms with Crippen molar-refractivity contribution in [3.8, 4) is 0 Å². The summed E-state index contributed by atoms with van der Waals surface area (Å²) in [5.74, 6) is 0.424. The Kier molecular flexibility index (Phi) is 5.46. The average molecular weight is 279 g/mol. The van der Waals surface area contributed by atoms with Gasteiger partial charge < -0.3 is 0 Å². The predicted molar refractivity (Wildman–Crippen MR) is 70.1 cm³/mol. The van der Waals surface area contributed by atoms with Crippen LogP contribution in [0.5, 0.6) is 0 Å². The minimum atomic E-state index is -2.87. The normalized spacial score (nSPS) is 13.8. The highest BCUT2D eigenvalue weighted by Gasteiger charge is 2.09. The van der Waals surface area contributed by atoms with E-state index in [2.05, 4.69) is 5.10 Å². The first-order chi connectivity index (χ1) is 7.98. The van der Waals surface area contributed by atoms with Gasteiger partial charge in [-0.15, -0.1) is 11.6 Å². The fourth-order valence-corrected chi connectivity index (χ4v) is 2.46. The summed E-state index contributed by atoms with van der Waals surface area (Å²) in [7, 11) is -2.87. The Bertz CT molecular complexity index is 442. The topological polar surface area (TPSA) is 52.0 Å². The standard InChI is InChI=1S/C11H19ClN2O2S/c1-3-11(12)10-8-13-14(9-10)6-5-7-17(15,16)4-2/h8-9,11H,3-7H2,1-2H3. The molecule has 0 radical (unpaired) electrons. The summed E-state index contributed by atoms with van der Waals surface area (Å²) in [5, 5.41) is 4.16. The van der Waals surface area contributed by atoms with Gasteiger partial charge in [-0.2, -0.15) is 5.10 Å². The van der Waals surface area contributed by atoms with Gasteiger partial charge in [-0.1, -0.05) is 13.8 Å². The number of aryl methyl sites for hydroxylation is 1. The maximum Gasteiger partial charge on any atom is 0.150 e. The molecule has 98 valence electrons. The minimum Gasteiger partial charge on any atom is -0.272 e. The largest absolute Gasteiger partial charge is 0.272 e. The molecule has 0 saturated heterocycles. The molecule has 0 saturated carbocycles. The third-order valence-corrected chi connectivity index (χ3v) is 5.01. The Balaban J connectivity index is 2.45. The average Bonchev–Trinajstić information content (AvgIpc) is 2.76. The Hall–Kier alpha value is -0.550.